The summed E-state index contributed by atoms with van der Waals surface area (Å²) in [5, 5.41) is 14.2. The SMILES string of the molecule is CC(C)(C)[C@H]1CN(C(=O)c2ccccc2-c2nn[nH]n2)C[C@@H](c2ccccc2)O1. The molecule has 2 heterocycles. The largest absolute Gasteiger partial charge is 0.366 e. The molecule has 1 aromatic heterocycles. The molecule has 150 valence electrons. The maximum atomic E-state index is 13.5. The first-order valence-corrected chi connectivity index (χ1v) is 9.76. The fourth-order valence-corrected chi connectivity index (χ4v) is 3.57. The number of aromatic amines is 1. The van der Waals surface area contributed by atoms with Crippen LogP contribution in [0.2, 0.25) is 0 Å². The van der Waals surface area contributed by atoms with Gasteiger partial charge in [-0.15, -0.1) is 10.2 Å². The molecule has 1 aliphatic rings. The molecule has 7 nitrogen and oxygen atoms in total. The quantitative estimate of drug-likeness (QED) is 0.739. The molecule has 3 aromatic rings. The van der Waals surface area contributed by atoms with Crippen molar-refractivity contribution in [1.82, 2.24) is 25.5 Å². The molecule has 1 aliphatic heterocycles. The van der Waals surface area contributed by atoms with E-state index in [-0.39, 0.29) is 23.5 Å². The highest BCUT2D eigenvalue weighted by Gasteiger charge is 2.38. The molecular weight excluding hydrogens is 366 g/mol. The van der Waals surface area contributed by atoms with E-state index in [1.54, 1.807) is 0 Å². The zero-order valence-corrected chi connectivity index (χ0v) is 16.9. The minimum absolute atomic E-state index is 0.0520. The third-order valence-corrected chi connectivity index (χ3v) is 5.27. The van der Waals surface area contributed by atoms with E-state index < -0.39 is 0 Å². The van der Waals surface area contributed by atoms with Crippen LogP contribution in [0.4, 0.5) is 0 Å². The number of nitrogens with one attached hydrogen (secondary N) is 1. The van der Waals surface area contributed by atoms with Crippen molar-refractivity contribution in [2.45, 2.75) is 33.0 Å². The average Bonchev–Trinajstić information content (AvgIpc) is 3.28. The molecule has 4 rings (SSSR count). The molecule has 1 fully saturated rings. The number of H-pyrrole nitrogens is 1. The molecule has 0 saturated carbocycles. The Kier molecular flexibility index (Phi) is 5.15. The molecule has 2 aromatic carbocycles. The number of hydrogen-bond acceptors (Lipinski definition) is 5. The molecule has 1 amide bonds. The van der Waals surface area contributed by atoms with Crippen LogP contribution in [-0.4, -0.2) is 50.6 Å². The summed E-state index contributed by atoms with van der Waals surface area (Å²) in [6.07, 6.45) is -0.252. The molecule has 0 aliphatic carbocycles. The van der Waals surface area contributed by atoms with Crippen molar-refractivity contribution in [3.8, 4) is 11.4 Å². The number of benzene rings is 2. The van der Waals surface area contributed by atoms with Gasteiger partial charge < -0.3 is 9.64 Å². The molecule has 0 radical (unpaired) electrons. The second-order valence-electron chi connectivity index (χ2n) is 8.38. The number of carbonyl (C=O) groups is 1. The van der Waals surface area contributed by atoms with Gasteiger partial charge in [0.1, 0.15) is 6.10 Å². The minimum Gasteiger partial charge on any atom is -0.366 e. The Bertz CT molecular complexity index is 966. The molecule has 1 N–H and O–H groups in total. The highest BCUT2D eigenvalue weighted by atomic mass is 16.5. The summed E-state index contributed by atoms with van der Waals surface area (Å²) in [6, 6.07) is 17.4. The van der Waals surface area contributed by atoms with Gasteiger partial charge in [0.15, 0.2) is 0 Å². The van der Waals surface area contributed by atoms with Gasteiger partial charge in [-0.3, -0.25) is 4.79 Å². The molecule has 2 atom stereocenters. The molecule has 0 spiro atoms. The third kappa shape index (κ3) is 4.05. The number of amides is 1. The van der Waals surface area contributed by atoms with Gasteiger partial charge >= 0.3 is 0 Å². The monoisotopic (exact) mass is 391 g/mol. The van der Waals surface area contributed by atoms with E-state index in [0.29, 0.717) is 30.0 Å². The highest BCUT2D eigenvalue weighted by molar-refractivity contribution is 6.00. The maximum Gasteiger partial charge on any atom is 0.254 e. The van der Waals surface area contributed by atoms with Crippen molar-refractivity contribution in [3.63, 3.8) is 0 Å². The molecule has 0 unspecified atom stereocenters. The third-order valence-electron chi connectivity index (χ3n) is 5.27. The summed E-state index contributed by atoms with van der Waals surface area (Å²) in [5.74, 6) is 0.359. The number of hydrogen-bond donors (Lipinski definition) is 1. The Labute approximate surface area is 170 Å². The number of tetrazole rings is 1. The fourth-order valence-electron chi connectivity index (χ4n) is 3.57. The number of aromatic nitrogens is 4. The van der Waals surface area contributed by atoms with E-state index in [0.717, 1.165) is 5.56 Å². The van der Waals surface area contributed by atoms with Gasteiger partial charge in [0, 0.05) is 12.1 Å². The van der Waals surface area contributed by atoms with Gasteiger partial charge in [-0.1, -0.05) is 69.3 Å². The van der Waals surface area contributed by atoms with Crippen molar-refractivity contribution in [3.05, 3.63) is 65.7 Å². The lowest BCUT2D eigenvalue weighted by molar-refractivity contribution is -0.119. The fraction of sp³-hybridized carbons (Fsp3) is 0.364. The van der Waals surface area contributed by atoms with Crippen LogP contribution in [0.15, 0.2) is 54.6 Å². The van der Waals surface area contributed by atoms with E-state index in [4.69, 9.17) is 4.74 Å². The summed E-state index contributed by atoms with van der Waals surface area (Å²) in [6.45, 7) is 7.45. The van der Waals surface area contributed by atoms with E-state index in [1.807, 2.05) is 59.5 Å². The van der Waals surface area contributed by atoms with Crippen LogP contribution in [0.3, 0.4) is 0 Å². The Morgan fingerprint density at radius 2 is 1.79 bits per heavy atom. The van der Waals surface area contributed by atoms with Gasteiger partial charge in [0.05, 0.1) is 18.2 Å². The Morgan fingerprint density at radius 3 is 2.48 bits per heavy atom. The van der Waals surface area contributed by atoms with Gasteiger partial charge in [0.2, 0.25) is 5.82 Å². The molecule has 7 heteroatoms. The van der Waals surface area contributed by atoms with Crippen LogP contribution in [0.5, 0.6) is 0 Å². The maximum absolute atomic E-state index is 13.5. The summed E-state index contributed by atoms with van der Waals surface area (Å²) in [4.78, 5) is 15.4. The van der Waals surface area contributed by atoms with Crippen molar-refractivity contribution in [1.29, 1.82) is 0 Å². The number of carbonyl (C=O) groups excluding carboxylic acids is 1. The number of ether oxygens (including phenoxy) is 1. The first-order valence-electron chi connectivity index (χ1n) is 9.76. The van der Waals surface area contributed by atoms with Crippen LogP contribution in [0, 0.1) is 5.41 Å². The van der Waals surface area contributed by atoms with Crippen LogP contribution in [0.1, 0.15) is 42.8 Å². The van der Waals surface area contributed by atoms with Crippen molar-refractivity contribution >= 4 is 5.91 Å². The Morgan fingerprint density at radius 1 is 1.07 bits per heavy atom. The van der Waals surface area contributed by atoms with Gasteiger partial charge in [-0.25, -0.2) is 0 Å². The van der Waals surface area contributed by atoms with Crippen LogP contribution < -0.4 is 0 Å². The molecular formula is C22H25N5O2. The summed E-state index contributed by atoms with van der Waals surface area (Å²) >= 11 is 0. The van der Waals surface area contributed by atoms with Gasteiger partial charge in [0.25, 0.3) is 5.91 Å². The Hall–Kier alpha value is -3.06. The number of rotatable bonds is 3. The smallest absolute Gasteiger partial charge is 0.254 e. The lowest BCUT2D eigenvalue weighted by atomic mass is 9.87. The lowest BCUT2D eigenvalue weighted by Gasteiger charge is -2.43. The van der Waals surface area contributed by atoms with E-state index >= 15 is 0 Å². The lowest BCUT2D eigenvalue weighted by Crippen LogP contribution is -2.51. The second-order valence-corrected chi connectivity index (χ2v) is 8.38. The van der Waals surface area contributed by atoms with Gasteiger partial charge in [-0.05, 0) is 22.3 Å². The minimum atomic E-state index is -0.171. The van der Waals surface area contributed by atoms with Gasteiger partial charge in [-0.2, -0.15) is 5.21 Å². The van der Waals surface area contributed by atoms with Crippen LogP contribution in [-0.2, 0) is 4.74 Å². The first kappa shape index (κ1) is 19.3. The van der Waals surface area contributed by atoms with Crippen LogP contribution >= 0.6 is 0 Å². The zero-order valence-electron chi connectivity index (χ0n) is 16.9. The number of nitrogens with zero attached hydrogens (tertiary/aromatic N) is 4. The second kappa shape index (κ2) is 7.75. The first-order chi connectivity index (χ1) is 13.9. The predicted molar refractivity (Wildman–Crippen MR) is 109 cm³/mol. The standard InChI is InChI=1S/C22H25N5O2/c1-22(2,3)19-14-27(13-18(29-19)15-9-5-4-6-10-15)21(28)17-12-8-7-11-16(17)20-23-25-26-24-20/h4-12,18-19H,13-14H2,1-3H3,(H,23,24,25,26)/t18-,19+/m0/s1. The van der Waals surface area contributed by atoms with E-state index in [9.17, 15) is 4.79 Å². The summed E-state index contributed by atoms with van der Waals surface area (Å²) in [7, 11) is 0. The highest BCUT2D eigenvalue weighted by Crippen LogP contribution is 2.34. The average molecular weight is 391 g/mol. The molecule has 1 saturated heterocycles. The Balaban J connectivity index is 1.67. The molecule has 0 bridgehead atoms. The van der Waals surface area contributed by atoms with E-state index in [1.165, 1.54) is 0 Å². The molecule has 29 heavy (non-hydrogen) atoms. The van der Waals surface area contributed by atoms with E-state index in [2.05, 4.69) is 41.4 Å². The normalized spacial score (nSPS) is 19.9. The predicted octanol–water partition coefficient (Wildman–Crippen LogP) is 3.50. The zero-order chi connectivity index (χ0) is 20.4. The van der Waals surface area contributed by atoms with Crippen molar-refractivity contribution in [2.75, 3.05) is 13.1 Å². The van der Waals surface area contributed by atoms with Crippen LogP contribution in [0.25, 0.3) is 11.4 Å². The summed E-state index contributed by atoms with van der Waals surface area (Å²) in [5.41, 5.74) is 2.21. The topological polar surface area (TPSA) is 84.0 Å². The number of morpholine rings is 1. The van der Waals surface area contributed by atoms with Crippen molar-refractivity contribution in [2.24, 2.45) is 5.41 Å². The summed E-state index contributed by atoms with van der Waals surface area (Å²) < 4.78 is 6.42. The van der Waals surface area contributed by atoms with Crippen molar-refractivity contribution < 1.29 is 9.53 Å².